The molecule has 0 N–H and O–H groups in total. The lowest BCUT2D eigenvalue weighted by molar-refractivity contribution is 0.0508. The molecule has 2 aromatic rings. The van der Waals surface area contributed by atoms with Crippen LogP contribution in [-0.4, -0.2) is 11.6 Å². The molecule has 1 aliphatic heterocycles. The molecular weight excluding hydrogens is 861 g/mol. The Morgan fingerprint density at radius 1 is 0.881 bits per heavy atom. The summed E-state index contributed by atoms with van der Waals surface area (Å²) in [6.07, 6.45) is 13.7. The number of esters is 1. The van der Waals surface area contributed by atoms with Gasteiger partial charge in [0.25, 0.3) is 0 Å². The normalized spacial score (nSPS) is 18.0. The van der Waals surface area contributed by atoms with E-state index in [0.29, 0.717) is 11.3 Å². The molecule has 0 saturated carbocycles. The third kappa shape index (κ3) is 9.95. The van der Waals surface area contributed by atoms with Gasteiger partial charge in [-0.2, -0.15) is 0 Å². The number of hydrogen-bond donors (Lipinski definition) is 0. The second-order valence-electron chi connectivity index (χ2n) is 13.6. The number of benzene rings is 2. The average molecular weight is 913 g/mol. The van der Waals surface area contributed by atoms with Crippen molar-refractivity contribution in [1.29, 1.82) is 0 Å². The maximum absolute atomic E-state index is 13.3. The first kappa shape index (κ1) is 36.4. The van der Waals surface area contributed by atoms with E-state index in [9.17, 15) is 4.79 Å². The lowest BCUT2D eigenvalue weighted by Gasteiger charge is -2.38. The van der Waals surface area contributed by atoms with Gasteiger partial charge in [-0.1, -0.05) is 72.6 Å². The first-order chi connectivity index (χ1) is 19.7. The van der Waals surface area contributed by atoms with E-state index in [0.717, 1.165) is 70.2 Å². The van der Waals surface area contributed by atoms with E-state index < -0.39 is 0 Å². The molecule has 0 aromatic heterocycles. The van der Waals surface area contributed by atoms with Gasteiger partial charge < -0.3 is 9.47 Å². The Balaban J connectivity index is 1.57. The Hall–Kier alpha value is -0.1000. The van der Waals surface area contributed by atoms with Crippen molar-refractivity contribution in [2.45, 2.75) is 132 Å². The first-order valence-corrected chi connectivity index (χ1v) is 19.1. The third-order valence-corrected chi connectivity index (χ3v) is 12.9. The van der Waals surface area contributed by atoms with Gasteiger partial charge in [-0.3, -0.25) is 0 Å². The fourth-order valence-electron chi connectivity index (χ4n) is 6.27. The van der Waals surface area contributed by atoms with Crippen molar-refractivity contribution in [2.24, 2.45) is 17.8 Å². The van der Waals surface area contributed by atoms with Gasteiger partial charge in [0, 0.05) is 16.3 Å². The maximum atomic E-state index is 13.3. The third-order valence-electron chi connectivity index (χ3n) is 9.25. The fourth-order valence-corrected chi connectivity index (χ4v) is 8.64. The summed E-state index contributed by atoms with van der Waals surface area (Å²) >= 11 is 6.77. The van der Waals surface area contributed by atoms with E-state index in [1.807, 2.05) is 6.07 Å². The van der Waals surface area contributed by atoms with Crippen molar-refractivity contribution in [3.8, 4) is 11.5 Å². The van der Waals surface area contributed by atoms with Crippen LogP contribution in [0.5, 0.6) is 11.5 Å². The zero-order valence-corrected chi connectivity index (χ0v) is 33.5. The summed E-state index contributed by atoms with van der Waals surface area (Å²) in [6.45, 7) is 18.1. The predicted molar refractivity (Wildman–Crippen MR) is 202 cm³/mol. The number of rotatable bonds is 14. The van der Waals surface area contributed by atoms with E-state index in [4.69, 9.17) is 9.47 Å². The summed E-state index contributed by atoms with van der Waals surface area (Å²) in [4.78, 5) is 13.3. The topological polar surface area (TPSA) is 35.5 Å². The van der Waals surface area contributed by atoms with Crippen molar-refractivity contribution in [3.63, 3.8) is 0 Å². The van der Waals surface area contributed by atoms with Crippen LogP contribution in [0.25, 0.3) is 0 Å². The SMILES string of the molecule is Cc1c(C)c2c(c(C)c1OC(=O)c1cc(I)cc(I)c1I)CC[C@@](C)(CCC[C@H](C)CCC[C@H](C)CCCC(C)C)O2. The molecule has 0 amide bonds. The molecule has 1 aliphatic rings. The number of carbonyl (C=O) groups excluding carboxylic acids is 1. The maximum Gasteiger partial charge on any atom is 0.344 e. The van der Waals surface area contributed by atoms with Crippen LogP contribution in [0.3, 0.4) is 0 Å². The van der Waals surface area contributed by atoms with Gasteiger partial charge in [0.2, 0.25) is 0 Å². The van der Waals surface area contributed by atoms with Crippen LogP contribution >= 0.6 is 67.8 Å². The second kappa shape index (κ2) is 16.5. The summed E-state index contributed by atoms with van der Waals surface area (Å²) in [5.41, 5.74) is 4.79. The Labute approximate surface area is 296 Å². The molecule has 3 rings (SSSR count). The Kier molecular flexibility index (Phi) is 14.3. The van der Waals surface area contributed by atoms with Gasteiger partial charge in [0.1, 0.15) is 17.1 Å². The van der Waals surface area contributed by atoms with Gasteiger partial charge >= 0.3 is 5.97 Å². The molecule has 1 heterocycles. The predicted octanol–water partition coefficient (Wildman–Crippen LogP) is 12.2. The highest BCUT2D eigenvalue weighted by Crippen LogP contribution is 2.45. The number of fused-ring (bicyclic) bond motifs is 1. The molecule has 0 saturated heterocycles. The number of halogens is 3. The van der Waals surface area contributed by atoms with Gasteiger partial charge in [-0.25, -0.2) is 4.79 Å². The van der Waals surface area contributed by atoms with Crippen LogP contribution < -0.4 is 9.47 Å². The number of carbonyl (C=O) groups is 1. The quantitative estimate of drug-likeness (QED) is 0.0820. The van der Waals surface area contributed by atoms with Crippen LogP contribution in [-0.2, 0) is 6.42 Å². The van der Waals surface area contributed by atoms with E-state index in [2.05, 4.69) is 129 Å². The number of ether oxygens (including phenoxy) is 2. The summed E-state index contributed by atoms with van der Waals surface area (Å²) in [7, 11) is 0. The summed E-state index contributed by atoms with van der Waals surface area (Å²) in [5.74, 6) is 3.87. The molecule has 0 radical (unpaired) electrons. The Morgan fingerprint density at radius 2 is 1.48 bits per heavy atom. The fraction of sp³-hybridized carbons (Fsp3) is 0.639. The Bertz CT molecular complexity index is 1240. The molecule has 0 bridgehead atoms. The van der Waals surface area contributed by atoms with Crippen molar-refractivity contribution >= 4 is 73.7 Å². The van der Waals surface area contributed by atoms with Gasteiger partial charge in [0.15, 0.2) is 0 Å². The monoisotopic (exact) mass is 912 g/mol. The van der Waals surface area contributed by atoms with Crippen molar-refractivity contribution in [3.05, 3.63) is 50.7 Å². The van der Waals surface area contributed by atoms with E-state index in [1.165, 1.54) is 56.9 Å². The lowest BCUT2D eigenvalue weighted by Crippen LogP contribution is -2.37. The minimum atomic E-state index is -0.294. The van der Waals surface area contributed by atoms with Crippen LogP contribution in [0.1, 0.15) is 131 Å². The van der Waals surface area contributed by atoms with Crippen LogP contribution in [0, 0.1) is 49.2 Å². The zero-order valence-electron chi connectivity index (χ0n) is 27.0. The summed E-state index contributed by atoms with van der Waals surface area (Å²) < 4.78 is 16.0. The zero-order chi connectivity index (χ0) is 31.2. The Morgan fingerprint density at radius 3 is 2.10 bits per heavy atom. The van der Waals surface area contributed by atoms with Gasteiger partial charge in [-0.15, -0.1) is 0 Å². The van der Waals surface area contributed by atoms with Gasteiger partial charge in [-0.05, 0) is 168 Å². The minimum Gasteiger partial charge on any atom is -0.487 e. The van der Waals surface area contributed by atoms with Crippen LogP contribution in [0.15, 0.2) is 12.1 Å². The first-order valence-electron chi connectivity index (χ1n) is 15.9. The van der Waals surface area contributed by atoms with E-state index in [-0.39, 0.29) is 11.6 Å². The highest BCUT2D eigenvalue weighted by atomic mass is 127. The van der Waals surface area contributed by atoms with Crippen molar-refractivity contribution in [2.75, 3.05) is 0 Å². The van der Waals surface area contributed by atoms with Gasteiger partial charge in [0.05, 0.1) is 5.56 Å². The van der Waals surface area contributed by atoms with E-state index >= 15 is 0 Å². The van der Waals surface area contributed by atoms with Crippen LogP contribution in [0.4, 0.5) is 0 Å². The molecule has 234 valence electrons. The smallest absolute Gasteiger partial charge is 0.344 e. The number of hydrogen-bond acceptors (Lipinski definition) is 3. The molecule has 42 heavy (non-hydrogen) atoms. The molecular formula is C36H51I3O3. The molecule has 0 aliphatic carbocycles. The minimum absolute atomic E-state index is 0.146. The van der Waals surface area contributed by atoms with Crippen molar-refractivity contribution < 1.29 is 14.3 Å². The highest BCUT2D eigenvalue weighted by molar-refractivity contribution is 14.1. The average Bonchev–Trinajstić information content (AvgIpc) is 2.91. The summed E-state index contributed by atoms with van der Waals surface area (Å²) in [5, 5.41) is 0. The summed E-state index contributed by atoms with van der Waals surface area (Å²) in [6, 6.07) is 3.99. The largest absolute Gasteiger partial charge is 0.487 e. The molecule has 0 spiro atoms. The van der Waals surface area contributed by atoms with Crippen molar-refractivity contribution in [1.82, 2.24) is 0 Å². The second-order valence-corrected chi connectivity index (χ2v) is 17.0. The molecule has 6 heteroatoms. The van der Waals surface area contributed by atoms with Crippen LogP contribution in [0.2, 0.25) is 0 Å². The molecule has 3 nitrogen and oxygen atoms in total. The molecule has 3 atom stereocenters. The lowest BCUT2D eigenvalue weighted by atomic mass is 9.83. The molecule has 2 aromatic carbocycles. The van der Waals surface area contributed by atoms with E-state index in [1.54, 1.807) is 0 Å². The molecule has 0 fully saturated rings. The highest BCUT2D eigenvalue weighted by Gasteiger charge is 2.35. The molecule has 0 unspecified atom stereocenters. The standard InChI is InChI=1S/C36H51I3O3/c1-22(2)12-9-13-23(3)14-10-15-24(4)16-11-18-36(8)19-17-29-27(7)33(25(5)26(6)34(29)42-36)41-35(40)30-20-28(37)21-31(38)32(30)39/h20-24H,9-19H2,1-8H3/t23-,24-,36-/m1/s1.